The first-order valence-corrected chi connectivity index (χ1v) is 8.23. The van der Waals surface area contributed by atoms with Crippen LogP contribution in [0.5, 0.6) is 0 Å². The van der Waals surface area contributed by atoms with Crippen molar-refractivity contribution in [1.29, 1.82) is 0 Å². The van der Waals surface area contributed by atoms with Crippen LogP contribution in [-0.2, 0) is 12.8 Å². The SMILES string of the molecule is CC(C)Cc1noc([C@H]2CCCN(CCc3cn[nH]c3)C2)n1. The molecular weight excluding hydrogens is 278 g/mol. The van der Waals surface area contributed by atoms with Gasteiger partial charge in [-0.2, -0.15) is 10.1 Å². The van der Waals surface area contributed by atoms with E-state index in [-0.39, 0.29) is 0 Å². The maximum Gasteiger partial charge on any atom is 0.231 e. The van der Waals surface area contributed by atoms with Gasteiger partial charge in [0.05, 0.1) is 12.1 Å². The minimum atomic E-state index is 0.381. The van der Waals surface area contributed by atoms with Crippen LogP contribution >= 0.6 is 0 Å². The smallest absolute Gasteiger partial charge is 0.231 e. The molecule has 0 bridgehead atoms. The number of aromatic amines is 1. The first-order chi connectivity index (χ1) is 10.7. The number of hydrogen-bond acceptors (Lipinski definition) is 5. The Labute approximate surface area is 131 Å². The molecule has 3 heterocycles. The second kappa shape index (κ2) is 7.05. The van der Waals surface area contributed by atoms with Crippen molar-refractivity contribution in [2.75, 3.05) is 19.6 Å². The van der Waals surface area contributed by atoms with Crippen LogP contribution in [0, 0.1) is 5.92 Å². The standard InChI is InChI=1S/C16H25N5O/c1-12(2)8-15-19-16(22-20-15)14-4-3-6-21(11-14)7-5-13-9-17-18-10-13/h9-10,12,14H,3-8,11H2,1-2H3,(H,17,18)/t14-/m0/s1. The second-order valence-corrected chi connectivity index (χ2v) is 6.64. The van der Waals surface area contributed by atoms with Crippen molar-refractivity contribution in [3.8, 4) is 0 Å². The topological polar surface area (TPSA) is 70.8 Å². The fourth-order valence-corrected chi connectivity index (χ4v) is 3.04. The van der Waals surface area contributed by atoms with Crippen molar-refractivity contribution in [3.05, 3.63) is 29.7 Å². The molecule has 1 aliphatic heterocycles. The number of nitrogens with one attached hydrogen (secondary N) is 1. The van der Waals surface area contributed by atoms with E-state index >= 15 is 0 Å². The zero-order valence-corrected chi connectivity index (χ0v) is 13.5. The molecule has 1 aliphatic rings. The van der Waals surface area contributed by atoms with Crippen molar-refractivity contribution in [2.45, 2.75) is 45.4 Å². The first-order valence-electron chi connectivity index (χ1n) is 8.23. The molecule has 3 rings (SSSR count). The molecule has 0 aromatic carbocycles. The average molecular weight is 303 g/mol. The number of piperidine rings is 1. The van der Waals surface area contributed by atoms with E-state index in [1.54, 1.807) is 0 Å². The zero-order chi connectivity index (χ0) is 15.4. The van der Waals surface area contributed by atoms with Gasteiger partial charge in [-0.05, 0) is 37.3 Å². The van der Waals surface area contributed by atoms with E-state index in [9.17, 15) is 0 Å². The van der Waals surface area contributed by atoms with Crippen molar-refractivity contribution in [1.82, 2.24) is 25.2 Å². The summed E-state index contributed by atoms with van der Waals surface area (Å²) >= 11 is 0. The van der Waals surface area contributed by atoms with Gasteiger partial charge < -0.3 is 9.42 Å². The molecule has 1 fully saturated rings. The van der Waals surface area contributed by atoms with Gasteiger partial charge in [-0.15, -0.1) is 0 Å². The van der Waals surface area contributed by atoms with Gasteiger partial charge in [0, 0.05) is 25.7 Å². The van der Waals surface area contributed by atoms with E-state index in [2.05, 4.69) is 39.1 Å². The summed E-state index contributed by atoms with van der Waals surface area (Å²) in [6, 6.07) is 0. The van der Waals surface area contributed by atoms with Crippen LogP contribution in [0.15, 0.2) is 16.9 Å². The van der Waals surface area contributed by atoms with Crippen molar-refractivity contribution in [3.63, 3.8) is 0 Å². The van der Waals surface area contributed by atoms with E-state index in [0.717, 1.165) is 50.6 Å². The molecule has 0 radical (unpaired) electrons. The van der Waals surface area contributed by atoms with E-state index in [0.29, 0.717) is 11.8 Å². The molecule has 2 aromatic heterocycles. The Morgan fingerprint density at radius 2 is 2.36 bits per heavy atom. The highest BCUT2D eigenvalue weighted by Crippen LogP contribution is 2.26. The van der Waals surface area contributed by atoms with Crippen molar-refractivity contribution < 1.29 is 4.52 Å². The molecule has 0 aliphatic carbocycles. The van der Waals surface area contributed by atoms with E-state index in [4.69, 9.17) is 4.52 Å². The first kappa shape index (κ1) is 15.2. The van der Waals surface area contributed by atoms with Crippen LogP contribution in [0.4, 0.5) is 0 Å². The summed E-state index contributed by atoms with van der Waals surface area (Å²) in [6.07, 6.45) is 8.13. The van der Waals surface area contributed by atoms with Gasteiger partial charge >= 0.3 is 0 Å². The van der Waals surface area contributed by atoms with Crippen LogP contribution in [0.3, 0.4) is 0 Å². The lowest BCUT2D eigenvalue weighted by Crippen LogP contribution is -2.35. The molecule has 6 nitrogen and oxygen atoms in total. The summed E-state index contributed by atoms with van der Waals surface area (Å²) in [7, 11) is 0. The average Bonchev–Trinajstić information content (AvgIpc) is 3.16. The van der Waals surface area contributed by atoms with Gasteiger partial charge in [0.15, 0.2) is 5.82 Å². The molecule has 22 heavy (non-hydrogen) atoms. The molecule has 0 unspecified atom stereocenters. The van der Waals surface area contributed by atoms with Crippen LogP contribution in [0.1, 0.15) is 49.9 Å². The van der Waals surface area contributed by atoms with Crippen LogP contribution in [0.25, 0.3) is 0 Å². The van der Waals surface area contributed by atoms with Gasteiger partial charge in [0.2, 0.25) is 5.89 Å². The van der Waals surface area contributed by atoms with Gasteiger partial charge in [0.1, 0.15) is 0 Å². The molecule has 1 atom stereocenters. The molecule has 1 N–H and O–H groups in total. The second-order valence-electron chi connectivity index (χ2n) is 6.64. The molecular formula is C16H25N5O. The van der Waals surface area contributed by atoms with Gasteiger partial charge in [-0.25, -0.2) is 0 Å². The molecule has 6 heteroatoms. The van der Waals surface area contributed by atoms with Crippen molar-refractivity contribution >= 4 is 0 Å². The summed E-state index contributed by atoms with van der Waals surface area (Å²) < 4.78 is 5.50. The molecule has 1 saturated heterocycles. The molecule has 120 valence electrons. The van der Waals surface area contributed by atoms with Gasteiger partial charge in [0.25, 0.3) is 0 Å². The maximum atomic E-state index is 5.50. The summed E-state index contributed by atoms with van der Waals surface area (Å²) in [6.45, 7) is 7.58. The summed E-state index contributed by atoms with van der Waals surface area (Å²) in [5.41, 5.74) is 1.26. The summed E-state index contributed by atoms with van der Waals surface area (Å²) in [4.78, 5) is 7.09. The third-order valence-electron chi connectivity index (χ3n) is 4.20. The minimum absolute atomic E-state index is 0.381. The largest absolute Gasteiger partial charge is 0.339 e. The Balaban J connectivity index is 1.54. The lowest BCUT2D eigenvalue weighted by molar-refractivity contribution is 0.188. The van der Waals surface area contributed by atoms with Crippen LogP contribution in [-0.4, -0.2) is 44.9 Å². The lowest BCUT2D eigenvalue weighted by Gasteiger charge is -2.30. The molecule has 0 saturated carbocycles. The number of likely N-dealkylation sites (tertiary alicyclic amines) is 1. The Bertz CT molecular complexity index is 563. The van der Waals surface area contributed by atoms with Crippen molar-refractivity contribution in [2.24, 2.45) is 5.92 Å². The monoisotopic (exact) mass is 303 g/mol. The molecule has 2 aromatic rings. The Morgan fingerprint density at radius 1 is 1.45 bits per heavy atom. The fourth-order valence-electron chi connectivity index (χ4n) is 3.04. The zero-order valence-electron chi connectivity index (χ0n) is 13.5. The Hall–Kier alpha value is -1.69. The van der Waals surface area contributed by atoms with Crippen LogP contribution in [0.2, 0.25) is 0 Å². The third-order valence-corrected chi connectivity index (χ3v) is 4.20. The van der Waals surface area contributed by atoms with Gasteiger partial charge in [-0.1, -0.05) is 19.0 Å². The number of hydrogen-bond donors (Lipinski definition) is 1. The normalized spacial score (nSPS) is 19.9. The number of H-pyrrole nitrogens is 1. The highest BCUT2D eigenvalue weighted by molar-refractivity contribution is 5.03. The highest BCUT2D eigenvalue weighted by Gasteiger charge is 2.25. The Kier molecular flexibility index (Phi) is 4.87. The molecule has 0 spiro atoms. The Morgan fingerprint density at radius 3 is 3.14 bits per heavy atom. The van der Waals surface area contributed by atoms with E-state index in [1.165, 1.54) is 12.0 Å². The summed E-state index contributed by atoms with van der Waals surface area (Å²) in [5, 5.41) is 11.0. The lowest BCUT2D eigenvalue weighted by atomic mass is 9.97. The maximum absolute atomic E-state index is 5.50. The minimum Gasteiger partial charge on any atom is -0.339 e. The predicted octanol–water partition coefficient (Wildman–Crippen LogP) is 2.41. The van der Waals surface area contributed by atoms with Crippen LogP contribution < -0.4 is 0 Å². The van der Waals surface area contributed by atoms with E-state index < -0.39 is 0 Å². The third kappa shape index (κ3) is 3.94. The fraction of sp³-hybridized carbons (Fsp3) is 0.688. The highest BCUT2D eigenvalue weighted by atomic mass is 16.5. The predicted molar refractivity (Wildman–Crippen MR) is 83.5 cm³/mol. The number of nitrogens with zero attached hydrogens (tertiary/aromatic N) is 4. The van der Waals surface area contributed by atoms with Gasteiger partial charge in [-0.3, -0.25) is 5.10 Å². The quantitative estimate of drug-likeness (QED) is 0.887. The number of aromatic nitrogens is 4. The summed E-state index contributed by atoms with van der Waals surface area (Å²) in [5.74, 6) is 2.61. The van der Waals surface area contributed by atoms with E-state index in [1.807, 2.05) is 12.4 Å². The number of rotatable bonds is 6. The molecule has 0 amide bonds.